The van der Waals surface area contributed by atoms with Crippen LogP contribution in [0.3, 0.4) is 0 Å². The summed E-state index contributed by atoms with van der Waals surface area (Å²) >= 11 is 1.48. The van der Waals surface area contributed by atoms with E-state index in [9.17, 15) is 9.59 Å². The van der Waals surface area contributed by atoms with Crippen LogP contribution in [-0.2, 0) is 4.79 Å². The summed E-state index contributed by atoms with van der Waals surface area (Å²) in [4.78, 5) is 23.4. The van der Waals surface area contributed by atoms with E-state index >= 15 is 0 Å². The lowest BCUT2D eigenvalue weighted by atomic mass is 10.3. The van der Waals surface area contributed by atoms with Gasteiger partial charge >= 0.3 is 6.03 Å². The average Bonchev–Trinajstić information content (AvgIpc) is 2.98. The van der Waals surface area contributed by atoms with Gasteiger partial charge in [-0.1, -0.05) is 30.0 Å². The minimum atomic E-state index is -0.522. The van der Waals surface area contributed by atoms with Crippen LogP contribution in [0.4, 0.5) is 4.79 Å². The summed E-state index contributed by atoms with van der Waals surface area (Å²) in [5, 5.41) is 5.25. The number of hydrogen-bond donors (Lipinski definition) is 2. The Labute approximate surface area is 119 Å². The van der Waals surface area contributed by atoms with Crippen LogP contribution in [0.5, 0.6) is 0 Å². The van der Waals surface area contributed by atoms with E-state index in [4.69, 9.17) is 4.42 Å². The highest BCUT2D eigenvalue weighted by molar-refractivity contribution is 7.99. The molecule has 0 aliphatic carbocycles. The molecular weight excluding hydrogens is 276 g/mol. The van der Waals surface area contributed by atoms with Crippen LogP contribution >= 0.6 is 11.8 Å². The highest BCUT2D eigenvalue weighted by Crippen LogP contribution is 2.29. The number of rotatable bonds is 3. The van der Waals surface area contributed by atoms with E-state index in [1.54, 1.807) is 6.07 Å². The number of benzene rings is 1. The zero-order valence-corrected chi connectivity index (χ0v) is 11.1. The molecule has 1 aliphatic heterocycles. The van der Waals surface area contributed by atoms with Crippen LogP contribution in [0, 0.1) is 0 Å². The largest absolute Gasteiger partial charge is 0.450 e. The predicted octanol–water partition coefficient (Wildman–Crippen LogP) is 2.61. The van der Waals surface area contributed by atoms with Crippen molar-refractivity contribution in [3.8, 4) is 0 Å². The van der Waals surface area contributed by atoms with Crippen molar-refractivity contribution in [2.24, 2.45) is 0 Å². The molecule has 0 radical (unpaired) electrons. The molecule has 0 spiro atoms. The smallest absolute Gasteiger partial charge is 0.326 e. The Morgan fingerprint density at radius 3 is 2.50 bits per heavy atom. The van der Waals surface area contributed by atoms with E-state index in [0.717, 1.165) is 4.90 Å². The fourth-order valence-corrected chi connectivity index (χ4v) is 2.50. The van der Waals surface area contributed by atoms with Gasteiger partial charge in [-0.05, 0) is 24.3 Å². The second-order valence-electron chi connectivity index (χ2n) is 4.04. The topological polar surface area (TPSA) is 71.3 Å². The molecule has 2 aromatic rings. The van der Waals surface area contributed by atoms with Crippen LogP contribution in [0.15, 0.2) is 62.6 Å². The molecule has 1 aromatic carbocycles. The monoisotopic (exact) mass is 286 g/mol. The van der Waals surface area contributed by atoms with E-state index in [1.807, 2.05) is 36.4 Å². The number of furan rings is 1. The number of carbonyl (C=O) groups excluding carboxylic acids is 2. The summed E-state index contributed by atoms with van der Waals surface area (Å²) in [5.74, 6) is 0.0550. The van der Waals surface area contributed by atoms with Crippen molar-refractivity contribution in [3.63, 3.8) is 0 Å². The number of imide groups is 1. The van der Waals surface area contributed by atoms with Gasteiger partial charge in [0.15, 0.2) is 5.09 Å². The van der Waals surface area contributed by atoms with Crippen LogP contribution in [0.1, 0.15) is 5.76 Å². The second-order valence-corrected chi connectivity index (χ2v) is 5.12. The van der Waals surface area contributed by atoms with E-state index in [-0.39, 0.29) is 5.70 Å². The molecule has 6 heteroatoms. The third-order valence-corrected chi connectivity index (χ3v) is 3.50. The lowest BCUT2D eigenvalue weighted by Gasteiger charge is -1.96. The lowest BCUT2D eigenvalue weighted by Crippen LogP contribution is -2.22. The summed E-state index contributed by atoms with van der Waals surface area (Å²) in [6.45, 7) is 0. The Hall–Kier alpha value is -2.47. The van der Waals surface area contributed by atoms with E-state index in [1.165, 1.54) is 17.8 Å². The maximum atomic E-state index is 11.4. The quantitative estimate of drug-likeness (QED) is 0.672. The lowest BCUT2D eigenvalue weighted by molar-refractivity contribution is -0.115. The van der Waals surface area contributed by atoms with Gasteiger partial charge in [-0.15, -0.1) is 0 Å². The summed E-state index contributed by atoms with van der Waals surface area (Å²) in [5.41, 5.74) is 0.181. The Morgan fingerprint density at radius 2 is 1.80 bits per heavy atom. The molecule has 100 valence electrons. The fraction of sp³-hybridized carbons (Fsp3) is 0. The van der Waals surface area contributed by atoms with Crippen LogP contribution in [0.2, 0.25) is 0 Å². The van der Waals surface area contributed by atoms with Crippen molar-refractivity contribution in [1.29, 1.82) is 0 Å². The van der Waals surface area contributed by atoms with Gasteiger partial charge in [-0.25, -0.2) is 4.79 Å². The zero-order valence-electron chi connectivity index (χ0n) is 10.3. The first-order valence-corrected chi connectivity index (χ1v) is 6.69. The molecule has 0 saturated carbocycles. The molecule has 2 N–H and O–H groups in total. The van der Waals surface area contributed by atoms with Crippen LogP contribution < -0.4 is 10.6 Å². The summed E-state index contributed by atoms with van der Waals surface area (Å²) in [6.07, 6.45) is 1.50. The second kappa shape index (κ2) is 5.26. The van der Waals surface area contributed by atoms with Crippen molar-refractivity contribution in [2.45, 2.75) is 9.99 Å². The van der Waals surface area contributed by atoms with Crippen molar-refractivity contribution in [2.75, 3.05) is 0 Å². The van der Waals surface area contributed by atoms with E-state index < -0.39 is 11.9 Å². The highest BCUT2D eigenvalue weighted by Gasteiger charge is 2.23. The zero-order chi connectivity index (χ0) is 13.9. The van der Waals surface area contributed by atoms with Gasteiger partial charge in [0.05, 0.1) is 0 Å². The third-order valence-electron chi connectivity index (χ3n) is 2.57. The molecule has 2 heterocycles. The maximum absolute atomic E-state index is 11.4. The first-order chi connectivity index (χ1) is 9.70. The Kier molecular flexibility index (Phi) is 3.30. The molecule has 5 nitrogen and oxygen atoms in total. The van der Waals surface area contributed by atoms with Gasteiger partial charge in [0.2, 0.25) is 0 Å². The molecule has 1 aliphatic rings. The van der Waals surface area contributed by atoms with E-state index in [0.29, 0.717) is 10.9 Å². The summed E-state index contributed by atoms with van der Waals surface area (Å²) in [6, 6.07) is 12.9. The number of hydrogen-bond acceptors (Lipinski definition) is 4. The maximum Gasteiger partial charge on any atom is 0.326 e. The van der Waals surface area contributed by atoms with Gasteiger partial charge in [-0.2, -0.15) is 0 Å². The van der Waals surface area contributed by atoms with Crippen molar-refractivity contribution < 1.29 is 14.0 Å². The fourth-order valence-electron chi connectivity index (χ4n) is 1.70. The normalized spacial score (nSPS) is 16.3. The van der Waals surface area contributed by atoms with Gasteiger partial charge in [0.25, 0.3) is 5.91 Å². The van der Waals surface area contributed by atoms with Crippen LogP contribution in [0.25, 0.3) is 6.08 Å². The Balaban J connectivity index is 1.76. The third kappa shape index (κ3) is 2.75. The first-order valence-electron chi connectivity index (χ1n) is 5.87. The molecule has 0 bridgehead atoms. The van der Waals surface area contributed by atoms with Gasteiger partial charge in [0.1, 0.15) is 11.5 Å². The number of amides is 3. The van der Waals surface area contributed by atoms with Crippen LogP contribution in [-0.4, -0.2) is 11.9 Å². The average molecular weight is 286 g/mol. The highest BCUT2D eigenvalue weighted by atomic mass is 32.2. The molecule has 1 saturated heterocycles. The SMILES string of the molecule is O=C1NC(=O)/C(=C/c2ccc(Sc3ccccc3)o2)N1. The predicted molar refractivity (Wildman–Crippen MR) is 73.9 cm³/mol. The summed E-state index contributed by atoms with van der Waals surface area (Å²) in [7, 11) is 0. The molecule has 20 heavy (non-hydrogen) atoms. The van der Waals surface area contributed by atoms with Gasteiger partial charge < -0.3 is 9.73 Å². The first kappa shape index (κ1) is 12.6. The number of carbonyl (C=O) groups is 2. The van der Waals surface area contributed by atoms with Gasteiger partial charge in [0, 0.05) is 11.0 Å². The number of nitrogens with one attached hydrogen (secondary N) is 2. The van der Waals surface area contributed by atoms with E-state index in [2.05, 4.69) is 10.6 Å². The van der Waals surface area contributed by atoms with Crippen molar-refractivity contribution in [3.05, 3.63) is 53.9 Å². The minimum absolute atomic E-state index is 0.181. The minimum Gasteiger partial charge on any atom is -0.450 e. The summed E-state index contributed by atoms with van der Waals surface area (Å²) < 4.78 is 5.59. The Morgan fingerprint density at radius 1 is 1.00 bits per heavy atom. The van der Waals surface area contributed by atoms with Gasteiger partial charge in [-0.3, -0.25) is 10.1 Å². The standard InChI is InChI=1S/C14H10N2O3S/c17-13-11(15-14(18)16-13)8-9-6-7-12(19-9)20-10-4-2-1-3-5-10/h1-8H,(H2,15,16,17,18)/b11-8-. The Bertz CT molecular complexity index is 691. The molecule has 1 aromatic heterocycles. The van der Waals surface area contributed by atoms with Crippen molar-refractivity contribution >= 4 is 29.8 Å². The number of urea groups is 1. The molecule has 3 rings (SSSR count). The molecule has 3 amide bonds. The molecule has 0 atom stereocenters. The molecule has 0 unspecified atom stereocenters. The molecular formula is C14H10N2O3S. The van der Waals surface area contributed by atoms with Crippen molar-refractivity contribution in [1.82, 2.24) is 10.6 Å². The molecule has 1 fully saturated rings.